The second-order valence-corrected chi connectivity index (χ2v) is 6.15. The molecule has 2 aromatic rings. The van der Waals surface area contributed by atoms with Crippen LogP contribution in [0.1, 0.15) is 24.0 Å². The Morgan fingerprint density at radius 2 is 1.89 bits per heavy atom. The second-order valence-electron chi connectivity index (χ2n) is 6.15. The number of fused-ring (bicyclic) bond motifs is 1. The van der Waals surface area contributed by atoms with Gasteiger partial charge in [0, 0.05) is 18.7 Å². The summed E-state index contributed by atoms with van der Waals surface area (Å²) in [6, 6.07) is 7.95. The summed E-state index contributed by atoms with van der Waals surface area (Å²) in [4.78, 5) is 22.9. The monoisotopic (exact) mass is 369 g/mol. The highest BCUT2D eigenvalue weighted by Gasteiger charge is 2.22. The zero-order chi connectivity index (χ0) is 19.2. The Morgan fingerprint density at radius 3 is 2.56 bits per heavy atom. The minimum Gasteiger partial charge on any atom is -0.497 e. The number of aromatic nitrogens is 2. The summed E-state index contributed by atoms with van der Waals surface area (Å²) in [5, 5.41) is 0. The van der Waals surface area contributed by atoms with Crippen molar-refractivity contribution in [3.63, 3.8) is 0 Å². The van der Waals surface area contributed by atoms with Gasteiger partial charge in [0.2, 0.25) is 5.88 Å². The first-order valence-corrected chi connectivity index (χ1v) is 8.72. The van der Waals surface area contributed by atoms with E-state index in [1.807, 2.05) is 24.3 Å². The molecule has 0 N–H and O–H groups in total. The fourth-order valence-electron chi connectivity index (χ4n) is 3.12. The van der Waals surface area contributed by atoms with E-state index in [-0.39, 0.29) is 5.97 Å². The first-order valence-electron chi connectivity index (χ1n) is 8.72. The minimum absolute atomic E-state index is 0.338. The van der Waals surface area contributed by atoms with Crippen molar-refractivity contribution < 1.29 is 19.0 Å². The van der Waals surface area contributed by atoms with E-state index < -0.39 is 0 Å². The molecule has 142 valence electrons. The molecule has 7 heteroatoms. The molecule has 0 fully saturated rings. The molecule has 1 aromatic heterocycles. The highest BCUT2D eigenvalue weighted by molar-refractivity contribution is 5.95. The Labute approximate surface area is 158 Å². The number of carbonyl (C=O) groups is 1. The molecular formula is C20H23N3O4. The van der Waals surface area contributed by atoms with Gasteiger partial charge in [0.05, 0.1) is 26.9 Å². The Hall–Kier alpha value is -3.09. The fraction of sp³-hybridized carbons (Fsp3) is 0.350. The number of nitrogens with zero attached hydrogens (tertiary/aromatic N) is 3. The number of esters is 1. The molecule has 0 spiro atoms. The highest BCUT2D eigenvalue weighted by Crippen LogP contribution is 2.32. The van der Waals surface area contributed by atoms with Gasteiger partial charge < -0.3 is 19.1 Å². The summed E-state index contributed by atoms with van der Waals surface area (Å²) >= 11 is 0. The van der Waals surface area contributed by atoms with E-state index in [4.69, 9.17) is 14.2 Å². The van der Waals surface area contributed by atoms with Crippen LogP contribution < -0.4 is 14.4 Å². The van der Waals surface area contributed by atoms with E-state index in [2.05, 4.69) is 14.9 Å². The smallest absolute Gasteiger partial charge is 0.333 e. The number of hydrogen-bond acceptors (Lipinski definition) is 7. The molecule has 0 amide bonds. The third-order valence-electron chi connectivity index (χ3n) is 4.49. The SMILES string of the molecule is COC(=O)/C1=C/c2c(OC)ncnc2N(Cc2ccc(OC)cc2)CCC1. The van der Waals surface area contributed by atoms with Gasteiger partial charge in [-0.25, -0.2) is 14.8 Å². The first-order chi connectivity index (χ1) is 13.2. The second kappa shape index (κ2) is 8.53. The molecule has 0 aliphatic carbocycles. The zero-order valence-corrected chi connectivity index (χ0v) is 15.8. The number of benzene rings is 1. The first kappa shape index (κ1) is 18.7. The molecule has 1 aliphatic rings. The van der Waals surface area contributed by atoms with Crippen LogP contribution in [0.2, 0.25) is 0 Å². The van der Waals surface area contributed by atoms with Crippen molar-refractivity contribution >= 4 is 17.9 Å². The lowest BCUT2D eigenvalue weighted by atomic mass is 10.0. The number of ether oxygens (including phenoxy) is 3. The van der Waals surface area contributed by atoms with E-state index in [1.54, 1.807) is 20.3 Å². The summed E-state index contributed by atoms with van der Waals surface area (Å²) in [5.41, 5.74) is 2.42. The van der Waals surface area contributed by atoms with Gasteiger partial charge in [0.1, 0.15) is 17.9 Å². The van der Waals surface area contributed by atoms with Crippen molar-refractivity contribution in [1.29, 1.82) is 0 Å². The average molecular weight is 369 g/mol. The minimum atomic E-state index is -0.338. The quantitative estimate of drug-likeness (QED) is 0.750. The maximum Gasteiger partial charge on any atom is 0.333 e. The fourth-order valence-corrected chi connectivity index (χ4v) is 3.12. The topological polar surface area (TPSA) is 73.8 Å². The van der Waals surface area contributed by atoms with Crippen LogP contribution in [0.4, 0.5) is 5.82 Å². The molecule has 0 saturated heterocycles. The normalized spacial score (nSPS) is 15.7. The molecule has 7 nitrogen and oxygen atoms in total. The molecule has 0 bridgehead atoms. The van der Waals surface area contributed by atoms with Gasteiger partial charge in [-0.2, -0.15) is 0 Å². The van der Waals surface area contributed by atoms with Crippen molar-refractivity contribution in [2.45, 2.75) is 19.4 Å². The van der Waals surface area contributed by atoms with E-state index in [0.29, 0.717) is 30.0 Å². The van der Waals surface area contributed by atoms with Crippen molar-refractivity contribution in [1.82, 2.24) is 9.97 Å². The number of carbonyl (C=O) groups excluding carboxylic acids is 1. The Morgan fingerprint density at radius 1 is 1.11 bits per heavy atom. The molecule has 0 saturated carbocycles. The summed E-state index contributed by atoms with van der Waals surface area (Å²) < 4.78 is 15.5. The van der Waals surface area contributed by atoms with Crippen LogP contribution in [0.5, 0.6) is 11.6 Å². The van der Waals surface area contributed by atoms with Gasteiger partial charge in [0.15, 0.2) is 0 Å². The maximum absolute atomic E-state index is 12.1. The van der Waals surface area contributed by atoms with Crippen molar-refractivity contribution in [3.8, 4) is 11.6 Å². The predicted octanol–water partition coefficient (Wildman–Crippen LogP) is 2.85. The average Bonchev–Trinajstić information content (AvgIpc) is 2.70. The van der Waals surface area contributed by atoms with Gasteiger partial charge >= 0.3 is 5.97 Å². The van der Waals surface area contributed by atoms with Gasteiger partial charge in [-0.15, -0.1) is 0 Å². The zero-order valence-electron chi connectivity index (χ0n) is 15.8. The highest BCUT2D eigenvalue weighted by atomic mass is 16.5. The van der Waals surface area contributed by atoms with Crippen LogP contribution in [0.15, 0.2) is 36.2 Å². The lowest BCUT2D eigenvalue weighted by molar-refractivity contribution is -0.136. The van der Waals surface area contributed by atoms with Crippen molar-refractivity contribution in [3.05, 3.63) is 47.3 Å². The van der Waals surface area contributed by atoms with Crippen LogP contribution in [-0.2, 0) is 16.1 Å². The number of methoxy groups -OCH3 is 3. The summed E-state index contributed by atoms with van der Waals surface area (Å²) in [6.07, 6.45) is 4.68. The van der Waals surface area contributed by atoms with E-state index in [1.165, 1.54) is 13.4 Å². The molecular weight excluding hydrogens is 346 g/mol. The summed E-state index contributed by atoms with van der Waals surface area (Å²) in [7, 11) is 4.59. The molecule has 1 aromatic carbocycles. The van der Waals surface area contributed by atoms with Crippen LogP contribution in [0.25, 0.3) is 6.08 Å². The number of anilines is 1. The Balaban J connectivity index is 1.99. The summed E-state index contributed by atoms with van der Waals surface area (Å²) in [6.45, 7) is 1.42. The van der Waals surface area contributed by atoms with Crippen LogP contribution in [0.3, 0.4) is 0 Å². The predicted molar refractivity (Wildman–Crippen MR) is 102 cm³/mol. The number of hydrogen-bond donors (Lipinski definition) is 0. The van der Waals surface area contributed by atoms with Gasteiger partial charge in [-0.05, 0) is 36.6 Å². The lowest BCUT2D eigenvalue weighted by Crippen LogP contribution is -2.27. The lowest BCUT2D eigenvalue weighted by Gasteiger charge is -2.27. The van der Waals surface area contributed by atoms with E-state index in [0.717, 1.165) is 30.1 Å². The molecule has 2 heterocycles. The van der Waals surface area contributed by atoms with E-state index in [9.17, 15) is 4.79 Å². The van der Waals surface area contributed by atoms with Crippen LogP contribution in [-0.4, -0.2) is 43.8 Å². The molecule has 0 atom stereocenters. The molecule has 27 heavy (non-hydrogen) atoms. The Bertz CT molecular complexity index is 834. The van der Waals surface area contributed by atoms with Gasteiger partial charge in [0.25, 0.3) is 0 Å². The largest absolute Gasteiger partial charge is 0.497 e. The Kier molecular flexibility index (Phi) is 5.90. The molecule has 0 unspecified atom stereocenters. The van der Waals surface area contributed by atoms with Crippen molar-refractivity contribution in [2.24, 2.45) is 0 Å². The third kappa shape index (κ3) is 4.19. The molecule has 3 rings (SSSR count). The van der Waals surface area contributed by atoms with Crippen LogP contribution >= 0.6 is 0 Å². The molecule has 1 aliphatic heterocycles. The van der Waals surface area contributed by atoms with Gasteiger partial charge in [-0.1, -0.05) is 12.1 Å². The molecule has 0 radical (unpaired) electrons. The number of rotatable bonds is 5. The van der Waals surface area contributed by atoms with Crippen LogP contribution in [0, 0.1) is 0 Å². The maximum atomic E-state index is 12.1. The van der Waals surface area contributed by atoms with Crippen molar-refractivity contribution in [2.75, 3.05) is 32.8 Å². The van der Waals surface area contributed by atoms with E-state index >= 15 is 0 Å². The standard InChI is InChI=1S/C20H23N3O4/c1-25-16-8-6-14(7-9-16)12-23-10-4-5-15(20(24)27-3)11-17-18(23)21-13-22-19(17)26-2/h6-9,11,13H,4-5,10,12H2,1-3H3/b15-11+. The third-order valence-corrected chi connectivity index (χ3v) is 4.49. The summed E-state index contributed by atoms with van der Waals surface area (Å²) in [5.74, 6) is 1.65. The van der Waals surface area contributed by atoms with Gasteiger partial charge in [-0.3, -0.25) is 0 Å².